The predicted molar refractivity (Wildman–Crippen MR) is 117 cm³/mol. The molecular formula is C24H22N4O. The molecule has 1 aliphatic heterocycles. The second kappa shape index (κ2) is 7.43. The van der Waals surface area contributed by atoms with E-state index in [1.807, 2.05) is 41.3 Å². The lowest BCUT2D eigenvalue weighted by atomic mass is 10.1. The minimum atomic E-state index is -0.0461. The summed E-state index contributed by atoms with van der Waals surface area (Å²) in [6.45, 7) is 1.49. The van der Waals surface area contributed by atoms with Gasteiger partial charge >= 0.3 is 0 Å². The van der Waals surface area contributed by atoms with Crippen molar-refractivity contribution in [1.82, 2.24) is 9.97 Å². The first-order chi connectivity index (χ1) is 14.3. The lowest BCUT2D eigenvalue weighted by molar-refractivity contribution is 0.0984. The molecule has 0 fully saturated rings. The van der Waals surface area contributed by atoms with Gasteiger partial charge in [0.1, 0.15) is 5.69 Å². The predicted octanol–water partition coefficient (Wildman–Crippen LogP) is 4.42. The molecule has 4 aromatic rings. The van der Waals surface area contributed by atoms with Gasteiger partial charge in [-0.05, 0) is 48.2 Å². The van der Waals surface area contributed by atoms with E-state index in [9.17, 15) is 4.79 Å². The van der Waals surface area contributed by atoms with E-state index in [1.165, 1.54) is 16.5 Å². The Labute approximate surface area is 169 Å². The number of fused-ring (bicyclic) bond motifs is 2. The molecule has 0 atom stereocenters. The SMILES string of the molecule is O=C(c1cc(NCCc2c[nH]c3ccccc23)ccn1)N1CCc2ccccc21. The van der Waals surface area contributed by atoms with E-state index in [0.29, 0.717) is 12.2 Å². The monoisotopic (exact) mass is 382 g/mol. The van der Waals surface area contributed by atoms with Gasteiger partial charge in [-0.15, -0.1) is 0 Å². The number of hydrogen-bond acceptors (Lipinski definition) is 3. The highest BCUT2D eigenvalue weighted by atomic mass is 16.2. The van der Waals surface area contributed by atoms with Crippen LogP contribution in [0.4, 0.5) is 11.4 Å². The lowest BCUT2D eigenvalue weighted by Crippen LogP contribution is -2.29. The Bertz CT molecular complexity index is 1180. The Morgan fingerprint density at radius 1 is 1.10 bits per heavy atom. The number of amides is 1. The zero-order valence-electron chi connectivity index (χ0n) is 16.1. The first kappa shape index (κ1) is 17.5. The van der Waals surface area contributed by atoms with Crippen LogP contribution in [0.3, 0.4) is 0 Å². The van der Waals surface area contributed by atoms with Crippen molar-refractivity contribution in [3.05, 3.63) is 89.9 Å². The van der Waals surface area contributed by atoms with E-state index >= 15 is 0 Å². The summed E-state index contributed by atoms with van der Waals surface area (Å²) < 4.78 is 0. The number of benzene rings is 2. The van der Waals surface area contributed by atoms with Crippen molar-refractivity contribution in [3.8, 4) is 0 Å². The number of para-hydroxylation sites is 2. The highest BCUT2D eigenvalue weighted by Crippen LogP contribution is 2.28. The fourth-order valence-corrected chi connectivity index (χ4v) is 4.02. The molecule has 29 heavy (non-hydrogen) atoms. The van der Waals surface area contributed by atoms with Gasteiger partial charge in [0.25, 0.3) is 5.91 Å². The van der Waals surface area contributed by atoms with E-state index in [0.717, 1.165) is 36.3 Å². The molecule has 0 unspecified atom stereocenters. The molecule has 2 aromatic heterocycles. The summed E-state index contributed by atoms with van der Waals surface area (Å²) in [6.07, 6.45) is 5.56. The average molecular weight is 382 g/mol. The number of carbonyl (C=O) groups excluding carboxylic acids is 1. The Morgan fingerprint density at radius 3 is 2.93 bits per heavy atom. The minimum absolute atomic E-state index is 0.0461. The van der Waals surface area contributed by atoms with E-state index in [2.05, 4.69) is 45.7 Å². The van der Waals surface area contributed by atoms with Gasteiger partial charge in [-0.3, -0.25) is 9.78 Å². The van der Waals surface area contributed by atoms with Crippen molar-refractivity contribution in [2.24, 2.45) is 0 Å². The van der Waals surface area contributed by atoms with Gasteiger partial charge in [0, 0.05) is 47.8 Å². The normalized spacial score (nSPS) is 12.9. The molecule has 0 spiro atoms. The summed E-state index contributed by atoms with van der Waals surface area (Å²) >= 11 is 0. The largest absolute Gasteiger partial charge is 0.385 e. The number of pyridine rings is 1. The van der Waals surface area contributed by atoms with E-state index < -0.39 is 0 Å². The van der Waals surface area contributed by atoms with Gasteiger partial charge in [0.05, 0.1) is 0 Å². The number of H-pyrrole nitrogens is 1. The first-order valence-electron chi connectivity index (χ1n) is 9.94. The molecule has 1 amide bonds. The van der Waals surface area contributed by atoms with Gasteiger partial charge in [-0.2, -0.15) is 0 Å². The van der Waals surface area contributed by atoms with E-state index in [4.69, 9.17) is 0 Å². The first-order valence-corrected chi connectivity index (χ1v) is 9.94. The molecule has 0 saturated carbocycles. The summed E-state index contributed by atoms with van der Waals surface area (Å²) in [5, 5.41) is 4.69. The van der Waals surface area contributed by atoms with Crippen LogP contribution in [0.25, 0.3) is 10.9 Å². The molecular weight excluding hydrogens is 360 g/mol. The smallest absolute Gasteiger partial charge is 0.276 e. The van der Waals surface area contributed by atoms with Gasteiger partial charge in [-0.1, -0.05) is 36.4 Å². The number of nitrogens with zero attached hydrogens (tertiary/aromatic N) is 2. The maximum Gasteiger partial charge on any atom is 0.276 e. The number of nitrogens with one attached hydrogen (secondary N) is 2. The highest BCUT2D eigenvalue weighted by Gasteiger charge is 2.25. The molecule has 5 nitrogen and oxygen atoms in total. The average Bonchev–Trinajstić information content (AvgIpc) is 3.38. The van der Waals surface area contributed by atoms with Crippen LogP contribution >= 0.6 is 0 Å². The van der Waals surface area contributed by atoms with Crippen molar-refractivity contribution >= 4 is 28.2 Å². The Hall–Kier alpha value is -3.60. The van der Waals surface area contributed by atoms with Crippen molar-refractivity contribution in [2.45, 2.75) is 12.8 Å². The van der Waals surface area contributed by atoms with Gasteiger partial charge in [0.2, 0.25) is 0 Å². The molecule has 5 heteroatoms. The maximum atomic E-state index is 13.0. The number of anilines is 2. The number of rotatable bonds is 5. The Morgan fingerprint density at radius 2 is 1.97 bits per heavy atom. The molecule has 0 aliphatic carbocycles. The molecule has 2 N–H and O–H groups in total. The summed E-state index contributed by atoms with van der Waals surface area (Å²) in [4.78, 5) is 22.5. The fraction of sp³-hybridized carbons (Fsp3) is 0.167. The third-order valence-corrected chi connectivity index (χ3v) is 5.51. The van der Waals surface area contributed by atoms with Gasteiger partial charge < -0.3 is 15.2 Å². The molecule has 2 aromatic carbocycles. The highest BCUT2D eigenvalue weighted by molar-refractivity contribution is 6.06. The van der Waals surface area contributed by atoms with Crippen LogP contribution in [-0.2, 0) is 12.8 Å². The molecule has 0 saturated heterocycles. The zero-order valence-corrected chi connectivity index (χ0v) is 16.1. The number of hydrogen-bond donors (Lipinski definition) is 2. The second-order valence-corrected chi connectivity index (χ2v) is 7.30. The standard InChI is InChI=1S/C24H22N4O/c29-24(28-14-11-17-5-1-4-8-23(17)28)22-15-19(10-13-26-22)25-12-9-18-16-27-21-7-3-2-6-20(18)21/h1-8,10,13,15-16,27H,9,11-12,14H2,(H,25,26). The molecule has 3 heterocycles. The maximum absolute atomic E-state index is 13.0. The van der Waals surface area contributed by atoms with Gasteiger partial charge in [0.15, 0.2) is 0 Å². The zero-order chi connectivity index (χ0) is 19.6. The van der Waals surface area contributed by atoms with Crippen molar-refractivity contribution in [2.75, 3.05) is 23.3 Å². The summed E-state index contributed by atoms with van der Waals surface area (Å²) in [6, 6.07) is 20.1. The summed E-state index contributed by atoms with van der Waals surface area (Å²) in [5.41, 5.74) is 6.04. The lowest BCUT2D eigenvalue weighted by Gasteiger charge is -2.17. The third kappa shape index (κ3) is 3.36. The Balaban J connectivity index is 1.27. The number of aromatic amines is 1. The van der Waals surface area contributed by atoms with Crippen LogP contribution in [0.5, 0.6) is 0 Å². The van der Waals surface area contributed by atoms with Gasteiger partial charge in [-0.25, -0.2) is 0 Å². The fourth-order valence-electron chi connectivity index (χ4n) is 4.02. The topological polar surface area (TPSA) is 61.0 Å². The third-order valence-electron chi connectivity index (χ3n) is 5.51. The molecule has 0 bridgehead atoms. The minimum Gasteiger partial charge on any atom is -0.385 e. The van der Waals surface area contributed by atoms with Crippen molar-refractivity contribution < 1.29 is 4.79 Å². The van der Waals surface area contributed by atoms with Crippen LogP contribution < -0.4 is 10.2 Å². The molecule has 144 valence electrons. The van der Waals surface area contributed by atoms with E-state index in [1.54, 1.807) is 6.20 Å². The van der Waals surface area contributed by atoms with Crippen LogP contribution in [-0.4, -0.2) is 29.0 Å². The van der Waals surface area contributed by atoms with Crippen LogP contribution in [0, 0.1) is 0 Å². The van der Waals surface area contributed by atoms with Crippen LogP contribution in [0.15, 0.2) is 73.1 Å². The summed E-state index contributed by atoms with van der Waals surface area (Å²) in [7, 11) is 0. The van der Waals surface area contributed by atoms with Crippen LogP contribution in [0.1, 0.15) is 21.6 Å². The number of aromatic nitrogens is 2. The van der Waals surface area contributed by atoms with Crippen molar-refractivity contribution in [1.29, 1.82) is 0 Å². The second-order valence-electron chi connectivity index (χ2n) is 7.30. The molecule has 0 radical (unpaired) electrons. The summed E-state index contributed by atoms with van der Waals surface area (Å²) in [5.74, 6) is -0.0461. The van der Waals surface area contributed by atoms with Crippen LogP contribution in [0.2, 0.25) is 0 Å². The number of carbonyl (C=O) groups is 1. The quantitative estimate of drug-likeness (QED) is 0.537. The van der Waals surface area contributed by atoms with Crippen molar-refractivity contribution in [3.63, 3.8) is 0 Å². The van der Waals surface area contributed by atoms with E-state index in [-0.39, 0.29) is 5.91 Å². The molecule has 5 rings (SSSR count). The molecule has 1 aliphatic rings. The Kier molecular flexibility index (Phi) is 4.48.